The van der Waals surface area contributed by atoms with Crippen molar-refractivity contribution < 1.29 is 9.18 Å². The second-order valence-corrected chi connectivity index (χ2v) is 5.19. The Hall–Kier alpha value is -2.60. The van der Waals surface area contributed by atoms with Gasteiger partial charge in [0.25, 0.3) is 0 Å². The molecule has 0 saturated carbocycles. The Balaban J connectivity index is 3.43. The molecule has 0 saturated heterocycles. The van der Waals surface area contributed by atoms with Gasteiger partial charge in [0.1, 0.15) is 11.5 Å². The maximum atomic E-state index is 14.6. The van der Waals surface area contributed by atoms with Crippen LogP contribution in [-0.4, -0.2) is 26.1 Å². The van der Waals surface area contributed by atoms with E-state index in [0.717, 1.165) is 0 Å². The Labute approximate surface area is 139 Å². The van der Waals surface area contributed by atoms with E-state index < -0.39 is 5.82 Å². The van der Waals surface area contributed by atoms with Gasteiger partial charge in [0.15, 0.2) is 12.1 Å². The van der Waals surface area contributed by atoms with Gasteiger partial charge in [0.2, 0.25) is 0 Å². The smallest absolute Gasteiger partial charge is 0.169 e. The molecule has 0 fully saturated rings. The van der Waals surface area contributed by atoms with Gasteiger partial charge in [-0.25, -0.2) is 9.38 Å². The molecule has 0 heterocycles. The van der Waals surface area contributed by atoms with Crippen molar-refractivity contribution in [2.75, 3.05) is 19.0 Å². The van der Waals surface area contributed by atoms with Crippen LogP contribution in [0, 0.1) is 5.82 Å². The van der Waals surface area contributed by atoms with Gasteiger partial charge < -0.3 is 16.4 Å². The molecule has 0 aliphatic rings. The lowest BCUT2D eigenvalue weighted by Gasteiger charge is -2.17. The fraction of sp³-hybridized carbons (Fsp3) is 0.125. The molecule has 0 atom stereocenters. The number of halogens is 2. The molecule has 4 N–H and O–H groups in total. The standard InChI is InChI=1S/C16H18ClFN4O/c1-5-10(16(19)20)13(8-23)21-9(2)11-6-7-12(17)15(14(11)18)22(3)4/h5-8H,1-2,19-20H2,3-4H3/b21-13-. The van der Waals surface area contributed by atoms with Crippen LogP contribution in [-0.2, 0) is 4.79 Å². The number of carbonyl (C=O) groups is 1. The largest absolute Gasteiger partial charge is 0.385 e. The zero-order chi connectivity index (χ0) is 17.7. The lowest BCUT2D eigenvalue weighted by Crippen LogP contribution is -2.17. The van der Waals surface area contributed by atoms with E-state index in [1.165, 1.54) is 23.1 Å². The number of hydrogen-bond acceptors (Lipinski definition) is 5. The molecule has 0 bridgehead atoms. The molecule has 0 unspecified atom stereocenters. The van der Waals surface area contributed by atoms with Crippen LogP contribution < -0.4 is 16.4 Å². The topological polar surface area (TPSA) is 84.7 Å². The molecule has 0 aliphatic carbocycles. The first-order chi connectivity index (χ1) is 10.7. The van der Waals surface area contributed by atoms with Crippen molar-refractivity contribution in [3.8, 4) is 0 Å². The molecular weight excluding hydrogens is 319 g/mol. The molecule has 0 aliphatic heterocycles. The zero-order valence-corrected chi connectivity index (χ0v) is 13.7. The van der Waals surface area contributed by atoms with Crippen LogP contribution in [0.25, 0.3) is 5.70 Å². The summed E-state index contributed by atoms with van der Waals surface area (Å²) < 4.78 is 14.6. The first-order valence-electron chi connectivity index (χ1n) is 6.51. The molecule has 0 radical (unpaired) electrons. The quantitative estimate of drug-likeness (QED) is 0.475. The first kappa shape index (κ1) is 18.4. The van der Waals surface area contributed by atoms with Crippen LogP contribution in [0.2, 0.25) is 5.02 Å². The maximum Gasteiger partial charge on any atom is 0.169 e. The van der Waals surface area contributed by atoms with Crippen LogP contribution in [0.3, 0.4) is 0 Å². The number of allylic oxidation sites excluding steroid dienone is 2. The average Bonchev–Trinajstić information content (AvgIpc) is 2.45. The fourth-order valence-electron chi connectivity index (χ4n) is 1.90. The third-order valence-corrected chi connectivity index (χ3v) is 3.29. The van der Waals surface area contributed by atoms with Crippen LogP contribution in [0.4, 0.5) is 10.1 Å². The number of nitrogens with two attached hydrogens (primary N) is 2. The minimum atomic E-state index is -0.591. The molecule has 1 aromatic rings. The van der Waals surface area contributed by atoms with Crippen molar-refractivity contribution in [1.29, 1.82) is 0 Å². The molecule has 5 nitrogen and oxygen atoms in total. The van der Waals surface area contributed by atoms with Crippen molar-refractivity contribution in [2.45, 2.75) is 0 Å². The summed E-state index contributed by atoms with van der Waals surface area (Å²) in [7, 11) is 3.31. The number of aliphatic imine (C=N–C) groups is 1. The molecule has 0 spiro atoms. The summed E-state index contributed by atoms with van der Waals surface area (Å²) in [5.41, 5.74) is 11.3. The van der Waals surface area contributed by atoms with E-state index in [1.807, 2.05) is 0 Å². The fourth-order valence-corrected chi connectivity index (χ4v) is 2.21. The molecule has 0 aromatic heterocycles. The number of aldehydes is 1. The normalized spacial score (nSPS) is 10.9. The maximum absolute atomic E-state index is 14.6. The molecule has 0 amide bonds. The van der Waals surface area contributed by atoms with Gasteiger partial charge in [-0.1, -0.05) is 30.8 Å². The molecule has 122 valence electrons. The predicted molar refractivity (Wildman–Crippen MR) is 93.9 cm³/mol. The van der Waals surface area contributed by atoms with Crippen LogP contribution in [0.5, 0.6) is 0 Å². The van der Waals surface area contributed by atoms with Gasteiger partial charge in [-0.3, -0.25) is 4.79 Å². The zero-order valence-electron chi connectivity index (χ0n) is 12.9. The second kappa shape index (κ2) is 7.60. The van der Waals surface area contributed by atoms with E-state index in [0.29, 0.717) is 6.29 Å². The summed E-state index contributed by atoms with van der Waals surface area (Å²) in [4.78, 5) is 16.7. The Morgan fingerprint density at radius 1 is 1.39 bits per heavy atom. The number of rotatable bonds is 6. The Morgan fingerprint density at radius 3 is 2.43 bits per heavy atom. The number of anilines is 1. The highest BCUT2D eigenvalue weighted by atomic mass is 35.5. The van der Waals surface area contributed by atoms with E-state index in [4.69, 9.17) is 23.1 Å². The van der Waals surface area contributed by atoms with Crippen molar-refractivity contribution in [1.82, 2.24) is 0 Å². The third kappa shape index (κ3) is 3.98. The molecular formula is C16H18ClFN4O. The highest BCUT2D eigenvalue weighted by Gasteiger charge is 2.17. The van der Waals surface area contributed by atoms with Crippen molar-refractivity contribution >= 4 is 35.0 Å². The van der Waals surface area contributed by atoms with Crippen LogP contribution >= 0.6 is 11.6 Å². The van der Waals surface area contributed by atoms with Gasteiger partial charge in [0.05, 0.1) is 16.4 Å². The van der Waals surface area contributed by atoms with E-state index in [-0.39, 0.29) is 39.1 Å². The van der Waals surface area contributed by atoms with E-state index >= 15 is 0 Å². The number of benzene rings is 1. The van der Waals surface area contributed by atoms with Crippen LogP contribution in [0.1, 0.15) is 5.56 Å². The summed E-state index contributed by atoms with van der Waals surface area (Å²) in [6.45, 7) is 7.21. The minimum absolute atomic E-state index is 0.0324. The number of nitrogens with zero attached hydrogens (tertiary/aromatic N) is 2. The van der Waals surface area contributed by atoms with Crippen molar-refractivity contribution in [3.63, 3.8) is 0 Å². The lowest BCUT2D eigenvalue weighted by molar-refractivity contribution is -0.102. The first-order valence-corrected chi connectivity index (χ1v) is 6.88. The Morgan fingerprint density at radius 2 is 2.00 bits per heavy atom. The summed E-state index contributed by atoms with van der Waals surface area (Å²) in [6.07, 6.45) is 1.74. The molecule has 23 heavy (non-hydrogen) atoms. The summed E-state index contributed by atoms with van der Waals surface area (Å²) in [6, 6.07) is 2.96. The molecule has 7 heteroatoms. The van der Waals surface area contributed by atoms with Gasteiger partial charge in [0, 0.05) is 25.2 Å². The van der Waals surface area contributed by atoms with Gasteiger partial charge in [-0.15, -0.1) is 0 Å². The number of carbonyl (C=O) groups excluding carboxylic acids is 1. The van der Waals surface area contributed by atoms with Gasteiger partial charge in [-0.05, 0) is 12.1 Å². The molecule has 1 aromatic carbocycles. The van der Waals surface area contributed by atoms with Gasteiger partial charge in [-0.2, -0.15) is 0 Å². The van der Waals surface area contributed by atoms with Gasteiger partial charge >= 0.3 is 0 Å². The number of hydrogen-bond donors (Lipinski definition) is 2. The van der Waals surface area contributed by atoms with E-state index in [2.05, 4.69) is 18.2 Å². The Kier molecular flexibility index (Phi) is 6.10. The summed E-state index contributed by atoms with van der Waals surface area (Å²) >= 11 is 5.99. The third-order valence-electron chi connectivity index (χ3n) is 2.98. The predicted octanol–water partition coefficient (Wildman–Crippen LogP) is 2.47. The molecule has 1 rings (SSSR count). The van der Waals surface area contributed by atoms with Crippen molar-refractivity contribution in [3.05, 3.63) is 59.2 Å². The van der Waals surface area contributed by atoms with E-state index in [9.17, 15) is 9.18 Å². The van der Waals surface area contributed by atoms with E-state index in [1.54, 1.807) is 14.1 Å². The highest BCUT2D eigenvalue weighted by Crippen LogP contribution is 2.32. The summed E-state index contributed by atoms with van der Waals surface area (Å²) in [5, 5.41) is 0.251. The lowest BCUT2D eigenvalue weighted by atomic mass is 10.1. The van der Waals surface area contributed by atoms with Crippen molar-refractivity contribution in [2.24, 2.45) is 16.5 Å². The SMILES string of the molecule is C=CC(=C(N)N)/C(C=O)=N\C(=C)c1ccc(Cl)c(N(C)C)c1F. The highest BCUT2D eigenvalue weighted by molar-refractivity contribution is 6.38. The minimum Gasteiger partial charge on any atom is -0.385 e. The average molecular weight is 337 g/mol. The summed E-state index contributed by atoms with van der Waals surface area (Å²) in [5.74, 6) is -0.712. The second-order valence-electron chi connectivity index (χ2n) is 4.79. The Bertz CT molecular complexity index is 719. The monoisotopic (exact) mass is 336 g/mol. The van der Waals surface area contributed by atoms with Crippen LogP contribution in [0.15, 0.2) is 47.8 Å².